The molecule has 4 aromatic heterocycles. The molecule has 0 radical (unpaired) electrons. The highest BCUT2D eigenvalue weighted by molar-refractivity contribution is 7.90. The van der Waals surface area contributed by atoms with Crippen molar-refractivity contribution in [1.82, 2.24) is 45.4 Å². The van der Waals surface area contributed by atoms with E-state index in [-0.39, 0.29) is 62.9 Å². The molecule has 2 aromatic carbocycles. The maximum absolute atomic E-state index is 14.6. The van der Waals surface area contributed by atoms with E-state index in [0.717, 1.165) is 19.0 Å². The number of aromatic nitrogens is 6. The quantitative estimate of drug-likeness (QED) is 0.0675. The van der Waals surface area contributed by atoms with Crippen molar-refractivity contribution in [2.45, 2.75) is 93.7 Å². The molecular formula is C43H47F6N11O3S. The number of carbonyl (C=O) groups is 1. The van der Waals surface area contributed by atoms with Gasteiger partial charge in [-0.1, -0.05) is 51.1 Å². The Bertz CT molecular complexity index is 2780. The molecule has 2 aliphatic heterocycles. The lowest BCUT2D eigenvalue weighted by molar-refractivity contribution is -0.138. The van der Waals surface area contributed by atoms with Crippen LogP contribution in [0.25, 0.3) is 44.3 Å². The summed E-state index contributed by atoms with van der Waals surface area (Å²) in [6, 6.07) is 10.2. The van der Waals surface area contributed by atoms with Gasteiger partial charge in [-0.2, -0.15) is 26.3 Å². The zero-order valence-electron chi connectivity index (χ0n) is 35.0. The van der Waals surface area contributed by atoms with Gasteiger partial charge < -0.3 is 36.1 Å². The van der Waals surface area contributed by atoms with E-state index in [1.165, 1.54) is 35.2 Å². The van der Waals surface area contributed by atoms with E-state index in [0.29, 0.717) is 61.5 Å². The number of aromatic amines is 1. The number of carbonyl (C=O) groups excluding carboxylic acids is 1. The summed E-state index contributed by atoms with van der Waals surface area (Å²) in [6.07, 6.45) is -3.41. The third-order valence-electron chi connectivity index (χ3n) is 11.8. The van der Waals surface area contributed by atoms with Gasteiger partial charge in [-0.3, -0.25) is 4.79 Å². The Kier molecular flexibility index (Phi) is 12.3. The van der Waals surface area contributed by atoms with Crippen LogP contribution in [0.1, 0.15) is 57.6 Å². The van der Waals surface area contributed by atoms with E-state index >= 15 is 0 Å². The molecule has 6 aromatic rings. The number of anilines is 2. The molecule has 8 rings (SSSR count). The van der Waals surface area contributed by atoms with Crippen LogP contribution in [0.3, 0.4) is 0 Å². The molecule has 1 amide bonds. The topological polar surface area (TPSA) is 184 Å². The third-order valence-corrected chi connectivity index (χ3v) is 13.4. The molecule has 6 heterocycles. The molecule has 2 saturated heterocycles. The lowest BCUT2D eigenvalue weighted by atomic mass is 9.93. The molecule has 0 bridgehead atoms. The predicted octanol–water partition coefficient (Wildman–Crippen LogP) is 7.36. The Balaban J connectivity index is 1.12. The summed E-state index contributed by atoms with van der Waals surface area (Å²) in [6.45, 7) is 7.47. The Morgan fingerprint density at radius 2 is 1.47 bits per heavy atom. The molecule has 0 unspecified atom stereocenters. The zero-order valence-corrected chi connectivity index (χ0v) is 35.8. The first kappa shape index (κ1) is 44.8. The summed E-state index contributed by atoms with van der Waals surface area (Å²) in [4.78, 5) is 31.2. The van der Waals surface area contributed by atoms with Crippen molar-refractivity contribution in [2.75, 3.05) is 30.3 Å². The summed E-state index contributed by atoms with van der Waals surface area (Å²) < 4.78 is 117. The van der Waals surface area contributed by atoms with E-state index in [1.807, 2.05) is 0 Å². The fraction of sp³-hybridized carbons (Fsp3) is 0.419. The highest BCUT2D eigenvalue weighted by Crippen LogP contribution is 2.42. The lowest BCUT2D eigenvalue weighted by Gasteiger charge is -2.32. The number of alkyl halides is 6. The minimum absolute atomic E-state index is 0.00390. The fourth-order valence-electron chi connectivity index (χ4n) is 8.53. The summed E-state index contributed by atoms with van der Waals surface area (Å²) in [5, 5.41) is 16.2. The molecule has 0 aliphatic carbocycles. The van der Waals surface area contributed by atoms with Crippen LogP contribution in [0, 0.1) is 5.92 Å². The lowest BCUT2D eigenvalue weighted by Crippen LogP contribution is -2.52. The number of para-hydroxylation sites is 2. The van der Waals surface area contributed by atoms with Crippen LogP contribution >= 0.6 is 0 Å². The van der Waals surface area contributed by atoms with Gasteiger partial charge in [-0.15, -0.1) is 0 Å². The van der Waals surface area contributed by atoms with Crippen molar-refractivity contribution >= 4 is 49.4 Å². The van der Waals surface area contributed by atoms with Crippen LogP contribution in [-0.4, -0.2) is 87.6 Å². The van der Waals surface area contributed by atoms with Crippen molar-refractivity contribution in [3.05, 3.63) is 78.4 Å². The summed E-state index contributed by atoms with van der Waals surface area (Å²) in [5.74, 6) is -0.568. The molecule has 4 atom stereocenters. The van der Waals surface area contributed by atoms with Crippen molar-refractivity contribution in [3.8, 4) is 22.5 Å². The number of amides is 1. The van der Waals surface area contributed by atoms with E-state index < -0.39 is 50.6 Å². The number of benzene rings is 2. The highest BCUT2D eigenvalue weighted by atomic mass is 32.2. The monoisotopic (exact) mass is 911 g/mol. The molecule has 0 saturated carbocycles. The Morgan fingerprint density at radius 1 is 0.828 bits per heavy atom. The average Bonchev–Trinajstić information content (AvgIpc) is 3.85. The molecule has 2 aliphatic rings. The fourth-order valence-corrected chi connectivity index (χ4v) is 10.0. The minimum Gasteiger partial charge on any atom is -0.359 e. The number of piperidine rings is 2. The van der Waals surface area contributed by atoms with Crippen molar-refractivity contribution in [1.29, 1.82) is 0 Å². The van der Waals surface area contributed by atoms with E-state index in [4.69, 9.17) is 0 Å². The number of rotatable bonds is 12. The molecule has 14 nitrogen and oxygen atoms in total. The van der Waals surface area contributed by atoms with Gasteiger partial charge in [0.15, 0.2) is 9.84 Å². The van der Waals surface area contributed by atoms with Gasteiger partial charge in [0.1, 0.15) is 17.0 Å². The van der Waals surface area contributed by atoms with Gasteiger partial charge in [0.25, 0.3) is 0 Å². The Hall–Kier alpha value is -5.80. The maximum Gasteiger partial charge on any atom is 0.419 e. The van der Waals surface area contributed by atoms with Gasteiger partial charge >= 0.3 is 12.4 Å². The molecule has 340 valence electrons. The number of nitrogens with zero attached hydrogens (tertiary/aromatic N) is 5. The Labute approximate surface area is 364 Å². The minimum atomic E-state index is -4.88. The van der Waals surface area contributed by atoms with E-state index in [1.54, 1.807) is 31.2 Å². The van der Waals surface area contributed by atoms with Crippen molar-refractivity contribution < 1.29 is 39.6 Å². The molecule has 64 heavy (non-hydrogen) atoms. The zero-order chi connectivity index (χ0) is 45.6. The van der Waals surface area contributed by atoms with Crippen molar-refractivity contribution in [3.63, 3.8) is 0 Å². The van der Waals surface area contributed by atoms with E-state index in [9.17, 15) is 39.6 Å². The second kappa shape index (κ2) is 17.6. The third kappa shape index (κ3) is 9.37. The number of nitrogens with one attached hydrogen (secondary N) is 6. The van der Waals surface area contributed by atoms with Gasteiger partial charge in [0.2, 0.25) is 17.8 Å². The molecule has 6 N–H and O–H groups in total. The number of H-pyrrole nitrogens is 1. The van der Waals surface area contributed by atoms with Crippen LogP contribution < -0.4 is 26.6 Å². The molecule has 2 fully saturated rings. The first-order valence-corrected chi connectivity index (χ1v) is 22.6. The first-order valence-electron chi connectivity index (χ1n) is 21.0. The van der Waals surface area contributed by atoms with Crippen LogP contribution in [-0.2, 0) is 32.9 Å². The van der Waals surface area contributed by atoms with Crippen molar-refractivity contribution in [2.24, 2.45) is 5.92 Å². The van der Waals surface area contributed by atoms with Crippen LogP contribution in [0.15, 0.2) is 72.1 Å². The highest BCUT2D eigenvalue weighted by Gasteiger charge is 2.38. The van der Waals surface area contributed by atoms with Gasteiger partial charge in [0, 0.05) is 102 Å². The summed E-state index contributed by atoms with van der Waals surface area (Å²) in [5.41, 5.74) is -2.87. The Morgan fingerprint density at radius 3 is 2.11 bits per heavy atom. The van der Waals surface area contributed by atoms with E-state index in [2.05, 4.69) is 65.4 Å². The van der Waals surface area contributed by atoms with Crippen LogP contribution in [0.4, 0.5) is 38.2 Å². The smallest absolute Gasteiger partial charge is 0.359 e. The van der Waals surface area contributed by atoms with Gasteiger partial charge in [0.05, 0.1) is 21.8 Å². The van der Waals surface area contributed by atoms with Gasteiger partial charge in [-0.25, -0.2) is 28.4 Å². The largest absolute Gasteiger partial charge is 0.419 e. The predicted molar refractivity (Wildman–Crippen MR) is 230 cm³/mol. The van der Waals surface area contributed by atoms with Gasteiger partial charge in [-0.05, 0) is 37.3 Å². The number of hydrogen-bond acceptors (Lipinski definition) is 11. The summed E-state index contributed by atoms with van der Waals surface area (Å²) >= 11 is 0. The normalized spacial score (nSPS) is 19.9. The van der Waals surface area contributed by atoms with Crippen LogP contribution in [0.2, 0.25) is 0 Å². The second-order valence-corrected chi connectivity index (χ2v) is 18.5. The number of sulfone groups is 1. The maximum atomic E-state index is 14.6. The first-order chi connectivity index (χ1) is 30.4. The molecule has 21 heteroatoms. The molecule has 0 spiro atoms. The number of fused-ring (bicyclic) bond motifs is 2. The second-order valence-electron chi connectivity index (χ2n) is 16.6. The number of halogens is 6. The SMILES string of the molecule is CCC(=O)N[C@@H]1CNC[C@H](Nc2ncc(C(F)(F)F)c(-c3c[nH]c4c(S(=O)(=O)Cn5cc(-c6nc(N[C@H]7CC[C@H](C(C)C)NC7)ncc6C(F)(F)F)c6ccccc65)cccc34)n2)C1. The standard InChI is InChI=1S/C43H47F6N11O3S/c1-4-36(61)55-25-14-26(16-50-15-25)57-41-54-19-31(42(44,45)46)37(58-41)29-18-52-39-28(29)9-7-11-35(39)64(62,63)22-60-21-30(27-8-5-6-10-34(27)60)38-32(43(47,48)49)20-53-40(59-38)56-24-12-13-33(23(2)3)51-17-24/h5-11,18-21,23-26,33,50-52H,4,12-17,22H2,1-3H3,(H,55,61)(H,53,56,59)(H,54,57,58)/t24-,25-,26+,33+/m0/s1. The molecular weight excluding hydrogens is 865 g/mol. The van der Waals surface area contributed by atoms with Crippen LogP contribution in [0.5, 0.6) is 0 Å². The number of hydrogen-bond donors (Lipinski definition) is 6. The average molecular weight is 912 g/mol. The summed E-state index contributed by atoms with van der Waals surface area (Å²) in [7, 11) is -4.37.